The predicted molar refractivity (Wildman–Crippen MR) is 79.9 cm³/mol. The maximum atomic E-state index is 11.3. The second-order valence-corrected chi connectivity index (χ2v) is 5.81. The van der Waals surface area contributed by atoms with Gasteiger partial charge in [0.25, 0.3) is 0 Å². The van der Waals surface area contributed by atoms with Crippen molar-refractivity contribution < 1.29 is 9.90 Å². The molecule has 1 N–H and O–H groups in total. The Labute approximate surface area is 124 Å². The molecule has 3 rings (SSSR count). The van der Waals surface area contributed by atoms with Crippen molar-refractivity contribution in [2.45, 2.75) is 25.7 Å². The lowest BCUT2D eigenvalue weighted by atomic mass is 9.95. The molecule has 1 aliphatic carbocycles. The zero-order valence-electron chi connectivity index (χ0n) is 10.3. The van der Waals surface area contributed by atoms with Crippen LogP contribution in [0, 0.1) is 3.57 Å². The lowest BCUT2D eigenvalue weighted by molar-refractivity contribution is 0.0688. The van der Waals surface area contributed by atoms with Crippen molar-refractivity contribution in [2.24, 2.45) is 0 Å². The van der Waals surface area contributed by atoms with E-state index in [1.54, 1.807) is 0 Å². The first-order chi connectivity index (χ1) is 9.18. The van der Waals surface area contributed by atoms with Gasteiger partial charge in [-0.3, -0.25) is 0 Å². The SMILES string of the molecule is O=C(O)c1nn(-c2ccccc2I)c2c1CCCC2. The van der Waals surface area contributed by atoms with Gasteiger partial charge in [0, 0.05) is 14.8 Å². The summed E-state index contributed by atoms with van der Waals surface area (Å²) in [5.74, 6) is -0.928. The van der Waals surface area contributed by atoms with E-state index in [1.807, 2.05) is 28.9 Å². The Bertz CT molecular complexity index is 649. The molecule has 1 aromatic heterocycles. The van der Waals surface area contributed by atoms with Gasteiger partial charge in [0.15, 0.2) is 5.69 Å². The van der Waals surface area contributed by atoms with Crippen LogP contribution in [0.1, 0.15) is 34.6 Å². The fourth-order valence-corrected chi connectivity index (χ4v) is 3.21. The van der Waals surface area contributed by atoms with Crippen LogP contribution < -0.4 is 0 Å². The number of carbonyl (C=O) groups is 1. The summed E-state index contributed by atoms with van der Waals surface area (Å²) in [6, 6.07) is 7.91. The van der Waals surface area contributed by atoms with Crippen molar-refractivity contribution in [1.82, 2.24) is 9.78 Å². The quantitative estimate of drug-likeness (QED) is 0.830. The van der Waals surface area contributed by atoms with E-state index >= 15 is 0 Å². The van der Waals surface area contributed by atoms with Crippen LogP contribution in [0.15, 0.2) is 24.3 Å². The Kier molecular flexibility index (Phi) is 3.30. The predicted octanol–water partition coefficient (Wildman–Crippen LogP) is 3.05. The summed E-state index contributed by atoms with van der Waals surface area (Å²) in [5, 5.41) is 13.6. The molecule has 1 aliphatic rings. The van der Waals surface area contributed by atoms with Crippen LogP contribution >= 0.6 is 22.6 Å². The highest BCUT2D eigenvalue weighted by atomic mass is 127. The first-order valence-electron chi connectivity index (χ1n) is 6.27. The van der Waals surface area contributed by atoms with Crippen LogP contribution in [0.2, 0.25) is 0 Å². The lowest BCUT2D eigenvalue weighted by Crippen LogP contribution is -2.09. The fourth-order valence-electron chi connectivity index (χ4n) is 2.59. The van der Waals surface area contributed by atoms with Gasteiger partial charge < -0.3 is 5.11 Å². The van der Waals surface area contributed by atoms with Crippen molar-refractivity contribution in [1.29, 1.82) is 0 Å². The minimum atomic E-state index is -0.928. The second kappa shape index (κ2) is 4.96. The number of nitrogens with zero attached hydrogens (tertiary/aromatic N) is 2. The number of para-hydroxylation sites is 1. The average molecular weight is 368 g/mol. The molecule has 1 heterocycles. The van der Waals surface area contributed by atoms with Crippen LogP contribution in [0.5, 0.6) is 0 Å². The van der Waals surface area contributed by atoms with E-state index in [4.69, 9.17) is 0 Å². The van der Waals surface area contributed by atoms with Crippen LogP contribution in [-0.2, 0) is 12.8 Å². The number of hydrogen-bond donors (Lipinski definition) is 1. The molecule has 0 saturated heterocycles. The Morgan fingerprint density at radius 3 is 2.74 bits per heavy atom. The van der Waals surface area contributed by atoms with E-state index in [2.05, 4.69) is 27.7 Å². The van der Waals surface area contributed by atoms with Crippen molar-refractivity contribution in [3.63, 3.8) is 0 Å². The molecule has 4 nitrogen and oxygen atoms in total. The largest absolute Gasteiger partial charge is 0.476 e. The van der Waals surface area contributed by atoms with E-state index in [9.17, 15) is 9.90 Å². The molecule has 0 fully saturated rings. The molecule has 5 heteroatoms. The third kappa shape index (κ3) is 2.16. The molecular formula is C14H13IN2O2. The van der Waals surface area contributed by atoms with Crippen LogP contribution in [0.4, 0.5) is 0 Å². The first-order valence-corrected chi connectivity index (χ1v) is 7.35. The molecule has 2 aromatic rings. The monoisotopic (exact) mass is 368 g/mol. The highest BCUT2D eigenvalue weighted by Gasteiger charge is 2.25. The summed E-state index contributed by atoms with van der Waals surface area (Å²) in [6.07, 6.45) is 3.87. The minimum absolute atomic E-state index is 0.217. The van der Waals surface area contributed by atoms with E-state index in [0.29, 0.717) is 0 Å². The van der Waals surface area contributed by atoms with E-state index in [0.717, 1.165) is 46.2 Å². The molecule has 0 atom stereocenters. The molecule has 0 amide bonds. The van der Waals surface area contributed by atoms with Crippen LogP contribution in [0.3, 0.4) is 0 Å². The van der Waals surface area contributed by atoms with Gasteiger partial charge in [-0.15, -0.1) is 0 Å². The number of carboxylic acid groups (broad SMARTS) is 1. The average Bonchev–Trinajstić information content (AvgIpc) is 2.79. The summed E-state index contributed by atoms with van der Waals surface area (Å²) >= 11 is 2.26. The molecule has 0 bridgehead atoms. The van der Waals surface area contributed by atoms with Crippen LogP contribution in [0.25, 0.3) is 5.69 Å². The molecule has 1 aromatic carbocycles. The highest BCUT2D eigenvalue weighted by Crippen LogP contribution is 2.28. The number of hydrogen-bond acceptors (Lipinski definition) is 2. The standard InChI is InChI=1S/C14H13IN2O2/c15-10-6-2-4-8-12(10)17-11-7-3-1-5-9(11)13(16-17)14(18)19/h2,4,6,8H,1,3,5,7H2,(H,18,19). The summed E-state index contributed by atoms with van der Waals surface area (Å²) in [5.41, 5.74) is 3.16. The first kappa shape index (κ1) is 12.7. The molecule has 0 aliphatic heterocycles. The maximum Gasteiger partial charge on any atom is 0.356 e. The minimum Gasteiger partial charge on any atom is -0.476 e. The topological polar surface area (TPSA) is 55.1 Å². The number of fused-ring (bicyclic) bond motifs is 1. The normalized spacial score (nSPS) is 14.2. The number of halogens is 1. The van der Waals surface area contributed by atoms with Gasteiger partial charge in [-0.05, 0) is 60.4 Å². The third-order valence-corrected chi connectivity index (χ3v) is 4.38. The number of benzene rings is 1. The smallest absolute Gasteiger partial charge is 0.356 e. The molecule has 0 unspecified atom stereocenters. The molecule has 19 heavy (non-hydrogen) atoms. The molecule has 0 radical (unpaired) electrons. The number of aromatic carboxylic acids is 1. The lowest BCUT2D eigenvalue weighted by Gasteiger charge is -2.14. The molecule has 0 saturated carbocycles. The van der Waals surface area contributed by atoms with Crippen molar-refractivity contribution in [3.05, 3.63) is 44.8 Å². The third-order valence-electron chi connectivity index (χ3n) is 3.46. The number of aromatic nitrogens is 2. The molecule has 98 valence electrons. The van der Waals surface area contributed by atoms with Gasteiger partial charge in [0.1, 0.15) is 0 Å². The molecule has 0 spiro atoms. The van der Waals surface area contributed by atoms with Gasteiger partial charge in [-0.1, -0.05) is 12.1 Å². The van der Waals surface area contributed by atoms with Gasteiger partial charge in [-0.25, -0.2) is 9.48 Å². The Morgan fingerprint density at radius 2 is 2.00 bits per heavy atom. The van der Waals surface area contributed by atoms with Gasteiger partial charge >= 0.3 is 5.97 Å². The van der Waals surface area contributed by atoms with Crippen molar-refractivity contribution in [3.8, 4) is 5.69 Å². The van der Waals surface area contributed by atoms with Gasteiger partial charge in [-0.2, -0.15) is 5.10 Å². The zero-order valence-corrected chi connectivity index (χ0v) is 12.4. The molecular weight excluding hydrogens is 355 g/mol. The van der Waals surface area contributed by atoms with Gasteiger partial charge in [0.2, 0.25) is 0 Å². The fraction of sp³-hybridized carbons (Fsp3) is 0.286. The number of rotatable bonds is 2. The maximum absolute atomic E-state index is 11.3. The van der Waals surface area contributed by atoms with E-state index in [-0.39, 0.29) is 5.69 Å². The summed E-state index contributed by atoms with van der Waals surface area (Å²) in [7, 11) is 0. The van der Waals surface area contributed by atoms with E-state index in [1.165, 1.54) is 0 Å². The summed E-state index contributed by atoms with van der Waals surface area (Å²) in [4.78, 5) is 11.3. The summed E-state index contributed by atoms with van der Waals surface area (Å²) in [6.45, 7) is 0. The van der Waals surface area contributed by atoms with Gasteiger partial charge in [0.05, 0.1) is 5.69 Å². The van der Waals surface area contributed by atoms with Crippen molar-refractivity contribution in [2.75, 3.05) is 0 Å². The Hall–Kier alpha value is -1.37. The van der Waals surface area contributed by atoms with Crippen LogP contribution in [-0.4, -0.2) is 20.9 Å². The Morgan fingerprint density at radius 1 is 1.26 bits per heavy atom. The second-order valence-electron chi connectivity index (χ2n) is 4.65. The number of carboxylic acids is 1. The summed E-state index contributed by atoms with van der Waals surface area (Å²) < 4.78 is 2.90. The highest BCUT2D eigenvalue weighted by molar-refractivity contribution is 14.1. The zero-order chi connectivity index (χ0) is 13.4. The van der Waals surface area contributed by atoms with E-state index < -0.39 is 5.97 Å². The van der Waals surface area contributed by atoms with Crippen molar-refractivity contribution >= 4 is 28.6 Å². The Balaban J connectivity index is 2.22.